The van der Waals surface area contributed by atoms with Crippen LogP contribution in [0.1, 0.15) is 55.7 Å². The Kier molecular flexibility index (Phi) is 8.63. The maximum Gasteiger partial charge on any atom is 0.412 e. The van der Waals surface area contributed by atoms with Crippen LogP contribution in [0.15, 0.2) is 36.4 Å². The third-order valence-electron chi connectivity index (χ3n) is 6.71. The summed E-state index contributed by atoms with van der Waals surface area (Å²) in [6, 6.07) is 10.6. The number of carboxylic acids is 1. The number of aliphatic carboxylic acids is 1. The van der Waals surface area contributed by atoms with E-state index < -0.39 is 30.0 Å². The average Bonchev–Trinajstić information content (AvgIpc) is 3.24. The van der Waals surface area contributed by atoms with E-state index >= 15 is 0 Å². The second-order valence-corrected chi connectivity index (χ2v) is 10.5. The summed E-state index contributed by atoms with van der Waals surface area (Å²) in [5.74, 6) is -2.48. The zero-order valence-corrected chi connectivity index (χ0v) is 22.9. The molecule has 2 heterocycles. The van der Waals surface area contributed by atoms with Crippen molar-refractivity contribution in [1.29, 1.82) is 0 Å². The highest BCUT2D eigenvalue weighted by atomic mass is 35.5. The summed E-state index contributed by atoms with van der Waals surface area (Å²) in [6.07, 6.45) is 1.48. The summed E-state index contributed by atoms with van der Waals surface area (Å²) in [7, 11) is 0. The number of rotatable bonds is 7. The molecule has 4 rings (SSSR count). The van der Waals surface area contributed by atoms with Gasteiger partial charge in [-0.15, -0.1) is 0 Å². The number of halogens is 1. The highest BCUT2D eigenvalue weighted by molar-refractivity contribution is 7.10. The van der Waals surface area contributed by atoms with E-state index in [1.807, 2.05) is 6.07 Å². The van der Waals surface area contributed by atoms with Crippen molar-refractivity contribution in [3.63, 3.8) is 0 Å². The Morgan fingerprint density at radius 2 is 1.76 bits per heavy atom. The van der Waals surface area contributed by atoms with Crippen molar-refractivity contribution in [2.75, 3.05) is 10.6 Å². The number of aromatic nitrogens is 2. The number of nitrogens with one attached hydrogen (secondary N) is 2. The minimum Gasteiger partial charge on any atom is -0.481 e. The van der Waals surface area contributed by atoms with Gasteiger partial charge in [-0.05, 0) is 63.3 Å². The van der Waals surface area contributed by atoms with E-state index in [9.17, 15) is 19.5 Å². The zero-order valence-electron chi connectivity index (χ0n) is 21.3. The average molecular weight is 557 g/mol. The molecule has 0 saturated heterocycles. The molecule has 2 amide bonds. The van der Waals surface area contributed by atoms with E-state index in [4.69, 9.17) is 16.3 Å². The number of amides is 2. The first kappa shape index (κ1) is 27.5. The summed E-state index contributed by atoms with van der Waals surface area (Å²) in [4.78, 5) is 42.5. The predicted molar refractivity (Wildman–Crippen MR) is 147 cm³/mol. The summed E-state index contributed by atoms with van der Waals surface area (Å²) in [5.41, 5.74) is 3.44. The van der Waals surface area contributed by atoms with Crippen molar-refractivity contribution in [3.8, 4) is 10.6 Å². The molecular weight excluding hydrogens is 528 g/mol. The van der Waals surface area contributed by atoms with Gasteiger partial charge in [0.25, 0.3) is 0 Å². The van der Waals surface area contributed by atoms with Crippen LogP contribution in [0.4, 0.5) is 16.2 Å². The Bertz CT molecular complexity index is 1360. The maximum absolute atomic E-state index is 12.9. The molecule has 9 nitrogen and oxygen atoms in total. The molecule has 1 aliphatic rings. The summed E-state index contributed by atoms with van der Waals surface area (Å²) >= 11 is 7.41. The van der Waals surface area contributed by atoms with Crippen LogP contribution in [-0.2, 0) is 14.3 Å². The van der Waals surface area contributed by atoms with Gasteiger partial charge in [0.1, 0.15) is 6.10 Å². The normalized spacial score (nSPS) is 17.9. The maximum atomic E-state index is 12.9. The fourth-order valence-corrected chi connectivity index (χ4v) is 5.74. The lowest BCUT2D eigenvalue weighted by Crippen LogP contribution is -2.36. The van der Waals surface area contributed by atoms with Gasteiger partial charge in [0.15, 0.2) is 0 Å². The first-order chi connectivity index (χ1) is 18.2. The van der Waals surface area contributed by atoms with Crippen LogP contribution in [0.3, 0.4) is 0 Å². The summed E-state index contributed by atoms with van der Waals surface area (Å²) in [6.45, 7) is 5.27. The van der Waals surface area contributed by atoms with Gasteiger partial charge < -0.3 is 15.2 Å². The smallest absolute Gasteiger partial charge is 0.412 e. The molecule has 38 heavy (non-hydrogen) atoms. The Morgan fingerprint density at radius 1 is 1.05 bits per heavy atom. The van der Waals surface area contributed by atoms with Gasteiger partial charge in [-0.1, -0.05) is 42.6 Å². The molecule has 11 heteroatoms. The van der Waals surface area contributed by atoms with Crippen molar-refractivity contribution in [1.82, 2.24) is 9.36 Å². The second kappa shape index (κ2) is 11.9. The molecule has 3 atom stereocenters. The molecule has 3 aromatic rings. The molecule has 1 aliphatic carbocycles. The van der Waals surface area contributed by atoms with Crippen LogP contribution < -0.4 is 10.6 Å². The van der Waals surface area contributed by atoms with Crippen LogP contribution in [-0.4, -0.2) is 32.4 Å². The Balaban J connectivity index is 1.47. The van der Waals surface area contributed by atoms with Crippen LogP contribution in [0.25, 0.3) is 10.6 Å². The van der Waals surface area contributed by atoms with Gasteiger partial charge in [0.05, 0.1) is 45.2 Å². The van der Waals surface area contributed by atoms with E-state index in [1.54, 1.807) is 51.1 Å². The number of anilines is 2. The van der Waals surface area contributed by atoms with Gasteiger partial charge in [-0.2, -0.15) is 4.37 Å². The predicted octanol–water partition coefficient (Wildman–Crippen LogP) is 6.61. The fourth-order valence-electron chi connectivity index (χ4n) is 4.64. The first-order valence-corrected chi connectivity index (χ1v) is 13.5. The minimum absolute atomic E-state index is 0.305. The summed E-state index contributed by atoms with van der Waals surface area (Å²) < 4.78 is 9.91. The number of hydrogen-bond donors (Lipinski definition) is 3. The van der Waals surface area contributed by atoms with Gasteiger partial charge in [-0.25, -0.2) is 9.78 Å². The van der Waals surface area contributed by atoms with Crippen LogP contribution >= 0.6 is 23.1 Å². The number of benzene rings is 1. The van der Waals surface area contributed by atoms with Crippen LogP contribution in [0, 0.1) is 25.7 Å². The Hall–Kier alpha value is -3.50. The quantitative estimate of drug-likeness (QED) is 0.298. The van der Waals surface area contributed by atoms with Crippen molar-refractivity contribution < 1.29 is 24.2 Å². The van der Waals surface area contributed by atoms with Gasteiger partial charge in [-0.3, -0.25) is 14.9 Å². The molecule has 3 N–H and O–H groups in total. The third kappa shape index (κ3) is 6.14. The number of hydrogen-bond acceptors (Lipinski definition) is 7. The topological polar surface area (TPSA) is 131 Å². The number of ether oxygens (including phenoxy) is 1. The van der Waals surface area contributed by atoms with Crippen LogP contribution in [0.5, 0.6) is 0 Å². The van der Waals surface area contributed by atoms with E-state index in [0.717, 1.165) is 12.8 Å². The number of nitrogens with zero attached hydrogens (tertiary/aromatic N) is 2. The lowest BCUT2D eigenvalue weighted by molar-refractivity contribution is -0.147. The largest absolute Gasteiger partial charge is 0.481 e. The van der Waals surface area contributed by atoms with Crippen LogP contribution in [0.2, 0.25) is 5.02 Å². The van der Waals surface area contributed by atoms with Crippen molar-refractivity contribution >= 4 is 52.5 Å². The van der Waals surface area contributed by atoms with E-state index in [0.29, 0.717) is 56.8 Å². The summed E-state index contributed by atoms with van der Waals surface area (Å²) in [5, 5.41) is 15.7. The highest BCUT2D eigenvalue weighted by Crippen LogP contribution is 2.36. The number of carbonyl (C=O) groups is 3. The molecule has 1 saturated carbocycles. The molecule has 1 fully saturated rings. The number of aryl methyl sites for hydroxylation is 2. The zero-order chi connectivity index (χ0) is 27.4. The molecule has 0 aliphatic heterocycles. The molecule has 0 spiro atoms. The van der Waals surface area contributed by atoms with Gasteiger partial charge >= 0.3 is 12.1 Å². The molecule has 0 radical (unpaired) electrons. The second-order valence-electron chi connectivity index (χ2n) is 9.32. The highest BCUT2D eigenvalue weighted by Gasteiger charge is 2.36. The molecular formula is C27H29ClN4O5S. The number of pyridine rings is 1. The Labute approximate surface area is 229 Å². The number of carboxylic acid groups (broad SMARTS) is 1. The third-order valence-corrected chi connectivity index (χ3v) is 8.02. The van der Waals surface area contributed by atoms with E-state index in [2.05, 4.69) is 20.0 Å². The minimum atomic E-state index is -0.935. The first-order valence-electron chi connectivity index (χ1n) is 12.4. The van der Waals surface area contributed by atoms with Gasteiger partial charge in [0.2, 0.25) is 5.91 Å². The monoisotopic (exact) mass is 556 g/mol. The molecule has 2 aromatic heterocycles. The number of carbonyl (C=O) groups excluding carboxylic acids is 2. The molecule has 200 valence electrons. The fraction of sp³-hybridized carbons (Fsp3) is 0.370. The van der Waals surface area contributed by atoms with Crippen molar-refractivity contribution in [2.24, 2.45) is 11.8 Å². The molecule has 1 aromatic carbocycles. The molecule has 0 bridgehead atoms. The van der Waals surface area contributed by atoms with Crippen molar-refractivity contribution in [3.05, 3.63) is 58.4 Å². The van der Waals surface area contributed by atoms with E-state index in [-0.39, 0.29) is 5.91 Å². The van der Waals surface area contributed by atoms with Gasteiger partial charge in [0, 0.05) is 10.6 Å². The SMILES string of the molecule is Cc1nc(-c2snc(C)c2NC(=O)O[C@H](C)c2ccccc2Cl)ccc1NC(=O)C1CCCCC1C(=O)O. The van der Waals surface area contributed by atoms with Crippen molar-refractivity contribution in [2.45, 2.75) is 52.6 Å². The standard InChI is InChI=1S/C27H29ClN4O5S/c1-14-21(30-25(33)18-9-4-5-10-19(18)26(34)35)12-13-22(29-14)24-23(15(2)32-38-24)31-27(36)37-16(3)17-8-6-7-11-20(17)28/h6-8,11-13,16,18-19H,4-5,9-10H2,1-3H3,(H,30,33)(H,31,36)(H,34,35)/t16-,18?,19?/m1/s1. The Morgan fingerprint density at radius 3 is 2.45 bits per heavy atom. The lowest BCUT2D eigenvalue weighted by atomic mass is 9.78. The lowest BCUT2D eigenvalue weighted by Gasteiger charge is -2.27. The molecule has 2 unspecified atom stereocenters. The van der Waals surface area contributed by atoms with E-state index in [1.165, 1.54) is 11.5 Å².